The number of imidazole rings is 1. The molecule has 0 radical (unpaired) electrons. The Hall–Kier alpha value is -1.79. The second-order valence-electron chi connectivity index (χ2n) is 3.59. The fourth-order valence-corrected chi connectivity index (χ4v) is 2.42. The van der Waals surface area contributed by atoms with E-state index >= 15 is 0 Å². The van der Waals surface area contributed by atoms with E-state index in [0.717, 1.165) is 10.4 Å². The molecule has 3 aromatic rings. The minimum absolute atomic E-state index is 0.175. The summed E-state index contributed by atoms with van der Waals surface area (Å²) in [4.78, 5) is 17.8. The third-order valence-corrected chi connectivity index (χ3v) is 3.45. The number of nitrogens with zero attached hydrogens (tertiary/aromatic N) is 5. The number of hydrogen-bond donors (Lipinski definition) is 0. The molecule has 0 aromatic carbocycles. The van der Waals surface area contributed by atoms with Gasteiger partial charge in [-0.1, -0.05) is 0 Å². The standard InChI is InChI=1S/C11H8ClN5S/c1-7-8(2-5-18-7)9-14-10(12)16-11(15-9)17-4-3-13-6-17/h2-6H,1H3. The molecule has 0 bridgehead atoms. The summed E-state index contributed by atoms with van der Waals surface area (Å²) in [5.41, 5.74) is 0.977. The fourth-order valence-electron chi connectivity index (χ4n) is 1.57. The van der Waals surface area contributed by atoms with Crippen molar-refractivity contribution in [1.82, 2.24) is 24.5 Å². The Morgan fingerprint density at radius 3 is 2.83 bits per heavy atom. The topological polar surface area (TPSA) is 56.5 Å². The number of aryl methyl sites for hydroxylation is 1. The monoisotopic (exact) mass is 277 g/mol. The van der Waals surface area contributed by atoms with Gasteiger partial charge in [0.05, 0.1) is 0 Å². The second kappa shape index (κ2) is 4.47. The Bertz CT molecular complexity index is 677. The molecule has 0 N–H and O–H groups in total. The molecule has 3 heterocycles. The van der Waals surface area contributed by atoms with E-state index in [1.165, 1.54) is 0 Å². The van der Waals surface area contributed by atoms with Crippen LogP contribution in [-0.4, -0.2) is 24.5 Å². The highest BCUT2D eigenvalue weighted by molar-refractivity contribution is 7.10. The van der Waals surface area contributed by atoms with Crippen LogP contribution in [0, 0.1) is 6.92 Å². The first-order valence-electron chi connectivity index (χ1n) is 5.18. The first-order chi connectivity index (χ1) is 8.74. The number of hydrogen-bond acceptors (Lipinski definition) is 5. The third-order valence-electron chi connectivity index (χ3n) is 2.43. The van der Waals surface area contributed by atoms with Crippen molar-refractivity contribution in [1.29, 1.82) is 0 Å². The number of rotatable bonds is 2. The summed E-state index contributed by atoms with van der Waals surface area (Å²) in [6.45, 7) is 2.02. The minimum Gasteiger partial charge on any atom is -0.274 e. The van der Waals surface area contributed by atoms with Crippen LogP contribution in [0.25, 0.3) is 17.3 Å². The first-order valence-corrected chi connectivity index (χ1v) is 6.44. The smallest absolute Gasteiger partial charge is 0.239 e. The lowest BCUT2D eigenvalue weighted by Gasteiger charge is -2.03. The van der Waals surface area contributed by atoms with Crippen molar-refractivity contribution in [3.05, 3.63) is 40.3 Å². The molecule has 0 saturated carbocycles. The van der Waals surface area contributed by atoms with Crippen LogP contribution in [0.3, 0.4) is 0 Å². The van der Waals surface area contributed by atoms with Crippen molar-refractivity contribution in [3.8, 4) is 17.3 Å². The van der Waals surface area contributed by atoms with Crippen molar-refractivity contribution in [2.75, 3.05) is 0 Å². The van der Waals surface area contributed by atoms with Crippen LogP contribution in [0.15, 0.2) is 30.2 Å². The van der Waals surface area contributed by atoms with Gasteiger partial charge in [-0.2, -0.15) is 15.0 Å². The van der Waals surface area contributed by atoms with E-state index in [4.69, 9.17) is 11.6 Å². The van der Waals surface area contributed by atoms with Gasteiger partial charge in [0.2, 0.25) is 11.2 Å². The molecule has 90 valence electrons. The van der Waals surface area contributed by atoms with Crippen LogP contribution < -0.4 is 0 Å². The molecule has 0 atom stereocenters. The van der Waals surface area contributed by atoms with Gasteiger partial charge in [0, 0.05) is 22.8 Å². The summed E-state index contributed by atoms with van der Waals surface area (Å²) in [6.07, 6.45) is 5.04. The third kappa shape index (κ3) is 2.00. The molecule has 0 spiro atoms. The largest absolute Gasteiger partial charge is 0.274 e. The zero-order chi connectivity index (χ0) is 12.5. The summed E-state index contributed by atoms with van der Waals surface area (Å²) < 4.78 is 1.69. The predicted molar refractivity (Wildman–Crippen MR) is 70.0 cm³/mol. The van der Waals surface area contributed by atoms with E-state index in [1.54, 1.807) is 34.6 Å². The van der Waals surface area contributed by atoms with E-state index in [0.29, 0.717) is 11.8 Å². The molecule has 0 aliphatic heterocycles. The maximum absolute atomic E-state index is 5.94. The lowest BCUT2D eigenvalue weighted by Crippen LogP contribution is -2.02. The molecular formula is C11H8ClN5S. The molecule has 0 aliphatic carbocycles. The maximum atomic E-state index is 5.94. The van der Waals surface area contributed by atoms with E-state index in [-0.39, 0.29) is 5.28 Å². The van der Waals surface area contributed by atoms with E-state index in [1.807, 2.05) is 18.4 Å². The number of aromatic nitrogens is 5. The van der Waals surface area contributed by atoms with E-state index < -0.39 is 0 Å². The van der Waals surface area contributed by atoms with Gasteiger partial charge in [0.15, 0.2) is 5.82 Å². The van der Waals surface area contributed by atoms with Gasteiger partial charge in [0.1, 0.15) is 6.33 Å². The minimum atomic E-state index is 0.175. The lowest BCUT2D eigenvalue weighted by molar-refractivity contribution is 0.899. The van der Waals surface area contributed by atoms with Gasteiger partial charge in [-0.05, 0) is 30.0 Å². The van der Waals surface area contributed by atoms with Gasteiger partial charge in [-0.15, -0.1) is 11.3 Å². The zero-order valence-electron chi connectivity index (χ0n) is 9.41. The molecule has 0 aliphatic rings. The van der Waals surface area contributed by atoms with E-state index in [9.17, 15) is 0 Å². The molecule has 3 rings (SSSR count). The molecule has 7 heteroatoms. The summed E-state index contributed by atoms with van der Waals surface area (Å²) in [6, 6.07) is 1.98. The van der Waals surface area contributed by atoms with Gasteiger partial charge < -0.3 is 0 Å². The Kier molecular flexibility index (Phi) is 2.81. The van der Waals surface area contributed by atoms with Crippen LogP contribution in [0.5, 0.6) is 0 Å². The van der Waals surface area contributed by atoms with Crippen LogP contribution >= 0.6 is 22.9 Å². The van der Waals surface area contributed by atoms with Gasteiger partial charge in [-0.25, -0.2) is 4.98 Å². The van der Waals surface area contributed by atoms with Crippen LogP contribution in [0.2, 0.25) is 5.28 Å². The van der Waals surface area contributed by atoms with Crippen molar-refractivity contribution >= 4 is 22.9 Å². The van der Waals surface area contributed by atoms with Crippen molar-refractivity contribution in [2.24, 2.45) is 0 Å². The first kappa shape index (κ1) is 11.3. The Morgan fingerprint density at radius 2 is 2.17 bits per heavy atom. The summed E-state index contributed by atoms with van der Waals surface area (Å²) in [5.74, 6) is 1.05. The molecule has 0 fully saturated rings. The van der Waals surface area contributed by atoms with Crippen molar-refractivity contribution in [2.45, 2.75) is 6.92 Å². The van der Waals surface area contributed by atoms with Crippen molar-refractivity contribution in [3.63, 3.8) is 0 Å². The Morgan fingerprint density at radius 1 is 1.28 bits per heavy atom. The zero-order valence-corrected chi connectivity index (χ0v) is 11.0. The van der Waals surface area contributed by atoms with Crippen molar-refractivity contribution < 1.29 is 0 Å². The van der Waals surface area contributed by atoms with Crippen LogP contribution in [0.1, 0.15) is 4.88 Å². The Balaban J connectivity index is 2.15. The molecule has 0 unspecified atom stereocenters. The number of thiophene rings is 1. The fraction of sp³-hybridized carbons (Fsp3) is 0.0909. The average Bonchev–Trinajstić information content (AvgIpc) is 2.98. The van der Waals surface area contributed by atoms with Gasteiger partial charge in [0.25, 0.3) is 0 Å². The lowest BCUT2D eigenvalue weighted by atomic mass is 10.2. The Labute approximate surface area is 112 Å². The molecular weight excluding hydrogens is 270 g/mol. The molecule has 0 saturated heterocycles. The molecule has 0 amide bonds. The maximum Gasteiger partial charge on any atom is 0.239 e. The van der Waals surface area contributed by atoms with Gasteiger partial charge >= 0.3 is 0 Å². The normalized spacial score (nSPS) is 10.8. The highest BCUT2D eigenvalue weighted by Gasteiger charge is 2.11. The van der Waals surface area contributed by atoms with Crippen LogP contribution in [-0.2, 0) is 0 Å². The second-order valence-corrected chi connectivity index (χ2v) is 5.05. The summed E-state index contributed by atoms with van der Waals surface area (Å²) >= 11 is 7.59. The highest BCUT2D eigenvalue weighted by atomic mass is 35.5. The molecule has 18 heavy (non-hydrogen) atoms. The highest BCUT2D eigenvalue weighted by Crippen LogP contribution is 2.25. The van der Waals surface area contributed by atoms with Crippen LogP contribution in [0.4, 0.5) is 0 Å². The summed E-state index contributed by atoms with van der Waals surface area (Å²) in [5, 5.41) is 2.17. The van der Waals surface area contributed by atoms with Gasteiger partial charge in [-0.3, -0.25) is 4.57 Å². The number of halogens is 1. The molecule has 5 nitrogen and oxygen atoms in total. The summed E-state index contributed by atoms with van der Waals surface area (Å²) in [7, 11) is 0. The predicted octanol–water partition coefficient (Wildman–Crippen LogP) is 2.75. The SMILES string of the molecule is Cc1sccc1-c1nc(Cl)nc(-n2ccnc2)n1. The molecule has 3 aromatic heterocycles. The quantitative estimate of drug-likeness (QED) is 0.723. The average molecular weight is 278 g/mol. The van der Waals surface area contributed by atoms with E-state index in [2.05, 4.69) is 19.9 Å².